The second kappa shape index (κ2) is 12.7. The summed E-state index contributed by atoms with van der Waals surface area (Å²) in [4.78, 5) is 14.9. The number of para-hydroxylation sites is 3. The normalized spacial score (nSPS) is 13.1. The van der Waals surface area contributed by atoms with Gasteiger partial charge in [-0.3, -0.25) is 0 Å². The van der Waals surface area contributed by atoms with Crippen molar-refractivity contribution < 1.29 is 0 Å². The first-order chi connectivity index (χ1) is 29.0. The first-order valence-corrected chi connectivity index (χ1v) is 20.2. The molecule has 8 aromatic carbocycles. The fraction of sp³-hybridized carbons (Fsp3) is 0.0556. The molecule has 1 aliphatic rings. The highest BCUT2D eigenvalue weighted by Crippen LogP contribution is 2.53. The molecular formula is C54H37N5. The molecule has 0 radical (unpaired) electrons. The van der Waals surface area contributed by atoms with E-state index >= 15 is 0 Å². The van der Waals surface area contributed by atoms with Crippen LogP contribution in [-0.2, 0) is 5.41 Å². The lowest BCUT2D eigenvalue weighted by Crippen LogP contribution is -2.15. The van der Waals surface area contributed by atoms with E-state index in [1.165, 1.54) is 71.6 Å². The third kappa shape index (κ3) is 5.08. The molecule has 5 nitrogen and oxygen atoms in total. The van der Waals surface area contributed by atoms with E-state index in [9.17, 15) is 0 Å². The number of aromatic nitrogens is 5. The topological polar surface area (TPSA) is 48.5 Å². The van der Waals surface area contributed by atoms with Crippen LogP contribution in [0.1, 0.15) is 25.0 Å². The Morgan fingerprint density at radius 3 is 1.31 bits per heavy atom. The van der Waals surface area contributed by atoms with Crippen molar-refractivity contribution in [2.24, 2.45) is 0 Å². The van der Waals surface area contributed by atoms with Gasteiger partial charge in [-0.1, -0.05) is 129 Å². The van der Waals surface area contributed by atoms with E-state index in [2.05, 4.69) is 150 Å². The van der Waals surface area contributed by atoms with Crippen LogP contribution in [0.2, 0.25) is 0 Å². The summed E-state index contributed by atoms with van der Waals surface area (Å²) in [7, 11) is 0. The van der Waals surface area contributed by atoms with Crippen LogP contribution in [0.5, 0.6) is 0 Å². The molecular weight excluding hydrogens is 719 g/mol. The van der Waals surface area contributed by atoms with E-state index in [0.29, 0.717) is 17.5 Å². The Hall–Kier alpha value is -7.63. The molecule has 0 fully saturated rings. The fourth-order valence-corrected chi connectivity index (χ4v) is 9.49. The summed E-state index contributed by atoms with van der Waals surface area (Å²) in [6, 6.07) is 67.1. The van der Waals surface area contributed by atoms with Crippen LogP contribution >= 0.6 is 0 Å². The molecule has 0 aliphatic heterocycles. The SMILES string of the molecule is CC1(C)c2cc3c4ccccc4n(-c4ccc(-c5nc(-c6ccccc6)nc(-c6ccccc6)n5)cc4)c3cc2-c2cc3c4ccccc4n(-c4ccccc4)c3cc21. The smallest absolute Gasteiger partial charge is 0.164 e. The molecule has 0 bridgehead atoms. The monoisotopic (exact) mass is 755 g/mol. The van der Waals surface area contributed by atoms with E-state index < -0.39 is 0 Å². The van der Waals surface area contributed by atoms with Gasteiger partial charge in [-0.15, -0.1) is 0 Å². The minimum absolute atomic E-state index is 0.197. The van der Waals surface area contributed by atoms with Gasteiger partial charge in [-0.2, -0.15) is 0 Å². The summed E-state index contributed by atoms with van der Waals surface area (Å²) in [5.41, 5.74) is 15.0. The molecule has 1 aliphatic carbocycles. The number of fused-ring (bicyclic) bond motifs is 9. The highest BCUT2D eigenvalue weighted by molar-refractivity contribution is 6.14. The van der Waals surface area contributed by atoms with E-state index in [4.69, 9.17) is 15.0 Å². The molecule has 11 aromatic rings. The minimum atomic E-state index is -0.197. The van der Waals surface area contributed by atoms with Gasteiger partial charge >= 0.3 is 0 Å². The summed E-state index contributed by atoms with van der Waals surface area (Å²) >= 11 is 0. The van der Waals surface area contributed by atoms with Crippen molar-refractivity contribution >= 4 is 43.6 Å². The van der Waals surface area contributed by atoms with Crippen LogP contribution in [0.25, 0.3) is 100 Å². The molecule has 0 unspecified atom stereocenters. The predicted octanol–water partition coefficient (Wildman–Crippen LogP) is 13.4. The number of nitrogens with zero attached hydrogens (tertiary/aromatic N) is 5. The standard InChI is InChI=1S/C54H37N5/c1-54(2)45-31-44-40-23-13-15-25-48(40)59(38-28-26-36(27-29-38)53-56-51(34-16-6-3-7-17-34)55-52(57-53)35-18-8-4-9-19-35)49(44)32-42(45)41-30-43-39-22-12-14-24-47(39)58(50(43)33-46(41)54)37-20-10-5-11-21-37/h3-33H,1-2H3. The second-order valence-corrected chi connectivity index (χ2v) is 16.1. The maximum Gasteiger partial charge on any atom is 0.164 e. The van der Waals surface area contributed by atoms with Crippen LogP contribution in [0.15, 0.2) is 188 Å². The van der Waals surface area contributed by atoms with Gasteiger partial charge in [-0.05, 0) is 95.1 Å². The molecule has 3 heterocycles. The first-order valence-electron chi connectivity index (χ1n) is 20.2. The third-order valence-corrected chi connectivity index (χ3v) is 12.4. The molecule has 59 heavy (non-hydrogen) atoms. The molecule has 12 rings (SSSR count). The quantitative estimate of drug-likeness (QED) is 0.176. The number of hydrogen-bond acceptors (Lipinski definition) is 3. The Kier molecular flexibility index (Phi) is 7.20. The van der Waals surface area contributed by atoms with Gasteiger partial charge in [-0.25, -0.2) is 15.0 Å². The second-order valence-electron chi connectivity index (χ2n) is 16.1. The van der Waals surface area contributed by atoms with Crippen molar-refractivity contribution in [3.63, 3.8) is 0 Å². The van der Waals surface area contributed by atoms with Crippen molar-refractivity contribution in [2.75, 3.05) is 0 Å². The average molecular weight is 756 g/mol. The Bertz CT molecular complexity index is 3380. The molecule has 0 saturated carbocycles. The number of rotatable bonds is 5. The lowest BCUT2D eigenvalue weighted by atomic mass is 9.82. The molecule has 0 saturated heterocycles. The lowest BCUT2D eigenvalue weighted by molar-refractivity contribution is 0.662. The van der Waals surface area contributed by atoms with Gasteiger partial charge in [0.1, 0.15) is 0 Å². The Morgan fingerprint density at radius 2 is 0.746 bits per heavy atom. The van der Waals surface area contributed by atoms with Crippen molar-refractivity contribution in [3.05, 3.63) is 199 Å². The summed E-state index contributed by atoms with van der Waals surface area (Å²) in [5.74, 6) is 1.95. The zero-order valence-electron chi connectivity index (χ0n) is 32.6. The van der Waals surface area contributed by atoms with E-state index in [0.717, 1.165) is 22.4 Å². The maximum atomic E-state index is 4.99. The van der Waals surface area contributed by atoms with Crippen LogP contribution in [-0.4, -0.2) is 24.1 Å². The van der Waals surface area contributed by atoms with Crippen LogP contribution in [0.4, 0.5) is 0 Å². The highest BCUT2D eigenvalue weighted by atomic mass is 15.0. The van der Waals surface area contributed by atoms with E-state index in [-0.39, 0.29) is 5.41 Å². The largest absolute Gasteiger partial charge is 0.309 e. The highest BCUT2D eigenvalue weighted by Gasteiger charge is 2.37. The fourth-order valence-electron chi connectivity index (χ4n) is 9.49. The van der Waals surface area contributed by atoms with Gasteiger partial charge in [0, 0.05) is 55.0 Å². The summed E-state index contributed by atoms with van der Waals surface area (Å²) in [6.45, 7) is 4.77. The van der Waals surface area contributed by atoms with Crippen molar-refractivity contribution in [1.82, 2.24) is 24.1 Å². The molecule has 0 amide bonds. The molecule has 0 spiro atoms. The Morgan fingerprint density at radius 1 is 0.339 bits per heavy atom. The van der Waals surface area contributed by atoms with Crippen molar-refractivity contribution in [2.45, 2.75) is 19.3 Å². The van der Waals surface area contributed by atoms with Crippen molar-refractivity contribution in [1.29, 1.82) is 0 Å². The Balaban J connectivity index is 1.03. The van der Waals surface area contributed by atoms with Crippen LogP contribution < -0.4 is 0 Å². The van der Waals surface area contributed by atoms with Gasteiger partial charge in [0.15, 0.2) is 17.5 Å². The van der Waals surface area contributed by atoms with Gasteiger partial charge in [0.05, 0.1) is 22.1 Å². The van der Waals surface area contributed by atoms with Gasteiger partial charge in [0.25, 0.3) is 0 Å². The lowest BCUT2D eigenvalue weighted by Gasteiger charge is -2.22. The summed E-state index contributed by atoms with van der Waals surface area (Å²) in [6.07, 6.45) is 0. The Labute approximate surface area is 341 Å². The molecule has 0 N–H and O–H groups in total. The molecule has 0 atom stereocenters. The molecule has 5 heteroatoms. The van der Waals surface area contributed by atoms with E-state index in [1.807, 2.05) is 60.7 Å². The predicted molar refractivity (Wildman–Crippen MR) is 242 cm³/mol. The first kappa shape index (κ1) is 33.5. The van der Waals surface area contributed by atoms with Gasteiger partial charge < -0.3 is 9.13 Å². The number of hydrogen-bond donors (Lipinski definition) is 0. The molecule has 278 valence electrons. The molecule has 3 aromatic heterocycles. The van der Waals surface area contributed by atoms with Crippen LogP contribution in [0, 0.1) is 0 Å². The van der Waals surface area contributed by atoms with Crippen molar-refractivity contribution in [3.8, 4) is 56.7 Å². The summed E-state index contributed by atoms with van der Waals surface area (Å²) in [5, 5.41) is 5.03. The van der Waals surface area contributed by atoms with Crippen LogP contribution in [0.3, 0.4) is 0 Å². The zero-order valence-corrected chi connectivity index (χ0v) is 32.6. The van der Waals surface area contributed by atoms with E-state index in [1.54, 1.807) is 0 Å². The number of benzene rings is 8. The minimum Gasteiger partial charge on any atom is -0.309 e. The maximum absolute atomic E-state index is 4.99. The summed E-state index contributed by atoms with van der Waals surface area (Å²) < 4.78 is 4.84. The average Bonchev–Trinajstić information content (AvgIpc) is 3.88. The zero-order chi connectivity index (χ0) is 39.2. The van der Waals surface area contributed by atoms with Gasteiger partial charge in [0.2, 0.25) is 0 Å². The third-order valence-electron chi connectivity index (χ3n) is 12.4.